The summed E-state index contributed by atoms with van der Waals surface area (Å²) in [5.41, 5.74) is 0.985. The molecule has 0 saturated carbocycles. The van der Waals surface area contributed by atoms with Crippen LogP contribution in [0.2, 0.25) is 0 Å². The Labute approximate surface area is 127 Å². The van der Waals surface area contributed by atoms with Gasteiger partial charge in [0.05, 0.1) is 11.3 Å². The molecule has 0 aliphatic heterocycles. The minimum absolute atomic E-state index is 0.00203. The van der Waals surface area contributed by atoms with Gasteiger partial charge in [-0.25, -0.2) is 0 Å². The number of ketones is 1. The fraction of sp³-hybridized carbons (Fsp3) is 0.400. The first-order valence-electron chi connectivity index (χ1n) is 6.58. The van der Waals surface area contributed by atoms with E-state index in [9.17, 15) is 9.59 Å². The molecule has 0 aliphatic carbocycles. The molecule has 0 fully saturated rings. The van der Waals surface area contributed by atoms with Crippen molar-refractivity contribution in [3.05, 3.63) is 34.0 Å². The second kappa shape index (κ2) is 5.44. The minimum Gasteiger partial charge on any atom is -0.361 e. The van der Waals surface area contributed by atoms with Crippen LogP contribution in [0.15, 0.2) is 16.0 Å². The largest absolute Gasteiger partial charge is 0.361 e. The van der Waals surface area contributed by atoms with Crippen molar-refractivity contribution in [2.45, 2.75) is 34.6 Å². The molecule has 2 aromatic rings. The van der Waals surface area contributed by atoms with Gasteiger partial charge in [0.1, 0.15) is 16.3 Å². The number of amides is 1. The van der Waals surface area contributed by atoms with Crippen LogP contribution in [0.25, 0.3) is 0 Å². The average molecular weight is 306 g/mol. The molecule has 1 amide bonds. The number of nitrogens with zero attached hydrogens (tertiary/aromatic N) is 1. The van der Waals surface area contributed by atoms with Gasteiger partial charge >= 0.3 is 0 Å². The number of hydrogen-bond acceptors (Lipinski definition) is 5. The molecule has 0 aromatic carbocycles. The van der Waals surface area contributed by atoms with Gasteiger partial charge in [0.25, 0.3) is 5.91 Å². The second-order valence-corrected chi connectivity index (χ2v) is 6.81. The molecule has 6 heteroatoms. The van der Waals surface area contributed by atoms with E-state index in [1.807, 2.05) is 20.8 Å². The lowest BCUT2D eigenvalue weighted by Gasteiger charge is -2.16. The summed E-state index contributed by atoms with van der Waals surface area (Å²) in [4.78, 5) is 24.7. The quantitative estimate of drug-likeness (QED) is 0.875. The summed E-state index contributed by atoms with van der Waals surface area (Å²) in [6, 6.07) is 1.74. The molecule has 112 valence electrons. The standard InChI is InChI=1S/C15H18N2O3S/c1-8-11(9(2)20-17-8)13(19)16-14-10(6-7-21-14)12(18)15(3,4)5/h6-7H,1-5H3,(H,16,19). The number of rotatable bonds is 3. The third-order valence-electron chi connectivity index (χ3n) is 3.08. The van der Waals surface area contributed by atoms with E-state index >= 15 is 0 Å². The maximum atomic E-state index is 12.4. The highest BCUT2D eigenvalue weighted by atomic mass is 32.1. The van der Waals surface area contributed by atoms with Crippen molar-refractivity contribution in [2.75, 3.05) is 5.32 Å². The Hall–Kier alpha value is -1.95. The summed E-state index contributed by atoms with van der Waals surface area (Å²) in [6.45, 7) is 8.96. The molecule has 2 heterocycles. The van der Waals surface area contributed by atoms with Crippen LogP contribution in [0.3, 0.4) is 0 Å². The van der Waals surface area contributed by atoms with Gasteiger partial charge in [0, 0.05) is 5.41 Å². The van der Waals surface area contributed by atoms with Gasteiger partial charge in [0.2, 0.25) is 0 Å². The molecule has 2 aromatic heterocycles. The van der Waals surface area contributed by atoms with Gasteiger partial charge in [-0.1, -0.05) is 25.9 Å². The summed E-state index contributed by atoms with van der Waals surface area (Å²) < 4.78 is 4.99. The molecule has 5 nitrogen and oxygen atoms in total. The molecule has 0 aliphatic rings. The van der Waals surface area contributed by atoms with E-state index in [4.69, 9.17) is 4.52 Å². The fourth-order valence-corrected chi connectivity index (χ4v) is 2.74. The van der Waals surface area contributed by atoms with Crippen molar-refractivity contribution in [3.63, 3.8) is 0 Å². The van der Waals surface area contributed by atoms with Crippen molar-refractivity contribution in [1.29, 1.82) is 0 Å². The van der Waals surface area contributed by atoms with Crippen LogP contribution in [0.5, 0.6) is 0 Å². The zero-order valence-electron chi connectivity index (χ0n) is 12.7. The van der Waals surface area contributed by atoms with E-state index in [1.165, 1.54) is 11.3 Å². The number of aryl methyl sites for hydroxylation is 2. The molecular weight excluding hydrogens is 288 g/mol. The maximum Gasteiger partial charge on any atom is 0.261 e. The second-order valence-electron chi connectivity index (χ2n) is 5.90. The average Bonchev–Trinajstić information content (AvgIpc) is 2.94. The van der Waals surface area contributed by atoms with Crippen LogP contribution < -0.4 is 5.32 Å². The Morgan fingerprint density at radius 1 is 1.29 bits per heavy atom. The summed E-state index contributed by atoms with van der Waals surface area (Å²) in [6.07, 6.45) is 0. The van der Waals surface area contributed by atoms with Gasteiger partial charge in [0.15, 0.2) is 5.78 Å². The topological polar surface area (TPSA) is 72.2 Å². The Kier molecular flexibility index (Phi) is 4.00. The van der Waals surface area contributed by atoms with Crippen LogP contribution in [-0.2, 0) is 0 Å². The number of hydrogen-bond donors (Lipinski definition) is 1. The smallest absolute Gasteiger partial charge is 0.261 e. The highest BCUT2D eigenvalue weighted by Gasteiger charge is 2.27. The predicted molar refractivity (Wildman–Crippen MR) is 82.0 cm³/mol. The molecule has 0 saturated heterocycles. The van der Waals surface area contributed by atoms with Gasteiger partial charge in [-0.15, -0.1) is 11.3 Å². The van der Waals surface area contributed by atoms with Crippen LogP contribution in [0.4, 0.5) is 5.00 Å². The zero-order valence-corrected chi connectivity index (χ0v) is 13.6. The van der Waals surface area contributed by atoms with Crippen molar-refractivity contribution < 1.29 is 14.1 Å². The lowest BCUT2D eigenvalue weighted by atomic mass is 9.87. The first-order chi connectivity index (χ1) is 9.71. The number of nitrogens with one attached hydrogen (secondary N) is 1. The van der Waals surface area contributed by atoms with E-state index in [-0.39, 0.29) is 11.7 Å². The zero-order chi connectivity index (χ0) is 15.8. The van der Waals surface area contributed by atoms with E-state index in [0.717, 1.165) is 0 Å². The predicted octanol–water partition coefficient (Wildman–Crippen LogP) is 3.83. The summed E-state index contributed by atoms with van der Waals surface area (Å²) in [5.74, 6) is 0.153. The molecule has 0 bridgehead atoms. The molecule has 21 heavy (non-hydrogen) atoms. The van der Waals surface area contributed by atoms with Crippen molar-refractivity contribution in [2.24, 2.45) is 5.41 Å². The van der Waals surface area contributed by atoms with Crippen molar-refractivity contribution >= 4 is 28.0 Å². The van der Waals surface area contributed by atoms with Crippen LogP contribution in [0.1, 0.15) is 52.9 Å². The number of anilines is 1. The first kappa shape index (κ1) is 15.4. The Balaban J connectivity index is 2.28. The summed E-state index contributed by atoms with van der Waals surface area (Å²) in [5, 5.41) is 8.90. The number of carbonyl (C=O) groups excluding carboxylic acids is 2. The van der Waals surface area contributed by atoms with E-state index in [0.29, 0.717) is 27.6 Å². The third kappa shape index (κ3) is 3.05. The highest BCUT2D eigenvalue weighted by molar-refractivity contribution is 7.14. The fourth-order valence-electron chi connectivity index (χ4n) is 1.96. The number of aromatic nitrogens is 1. The van der Waals surface area contributed by atoms with Gasteiger partial charge in [-0.05, 0) is 25.3 Å². The lowest BCUT2D eigenvalue weighted by molar-refractivity contribution is 0.0859. The molecule has 0 atom stereocenters. The number of thiophene rings is 1. The van der Waals surface area contributed by atoms with Crippen molar-refractivity contribution in [3.8, 4) is 0 Å². The molecule has 0 spiro atoms. The van der Waals surface area contributed by atoms with Crippen LogP contribution in [0, 0.1) is 19.3 Å². The van der Waals surface area contributed by atoms with Gasteiger partial charge < -0.3 is 9.84 Å². The highest BCUT2D eigenvalue weighted by Crippen LogP contribution is 2.30. The van der Waals surface area contributed by atoms with E-state index < -0.39 is 5.41 Å². The maximum absolute atomic E-state index is 12.4. The van der Waals surface area contributed by atoms with Crippen LogP contribution in [-0.4, -0.2) is 16.8 Å². The van der Waals surface area contributed by atoms with E-state index in [2.05, 4.69) is 10.5 Å². The molecule has 1 N–H and O–H groups in total. The third-order valence-corrected chi connectivity index (χ3v) is 3.91. The number of Topliss-reactive ketones (excluding diaryl/α,β-unsaturated/α-hetero) is 1. The monoisotopic (exact) mass is 306 g/mol. The van der Waals surface area contributed by atoms with Crippen molar-refractivity contribution in [1.82, 2.24) is 5.16 Å². The Morgan fingerprint density at radius 3 is 2.48 bits per heavy atom. The van der Waals surface area contributed by atoms with Gasteiger partial charge in [-0.2, -0.15) is 0 Å². The Bertz CT molecular complexity index is 673. The van der Waals surface area contributed by atoms with Gasteiger partial charge in [-0.3, -0.25) is 9.59 Å². The lowest BCUT2D eigenvalue weighted by Crippen LogP contribution is -2.22. The Morgan fingerprint density at radius 2 is 1.95 bits per heavy atom. The molecule has 0 radical (unpaired) electrons. The van der Waals surface area contributed by atoms with Crippen LogP contribution >= 0.6 is 11.3 Å². The number of carbonyl (C=O) groups is 2. The SMILES string of the molecule is Cc1noc(C)c1C(=O)Nc1sccc1C(=O)C(C)(C)C. The molecule has 0 unspecified atom stereocenters. The first-order valence-corrected chi connectivity index (χ1v) is 7.46. The minimum atomic E-state index is -0.496. The summed E-state index contributed by atoms with van der Waals surface area (Å²) in [7, 11) is 0. The normalized spacial score (nSPS) is 11.5. The molecule has 2 rings (SSSR count). The molecular formula is C15H18N2O3S. The summed E-state index contributed by atoms with van der Waals surface area (Å²) >= 11 is 1.33. The van der Waals surface area contributed by atoms with E-state index in [1.54, 1.807) is 25.3 Å².